The van der Waals surface area contributed by atoms with Gasteiger partial charge in [-0.3, -0.25) is 4.90 Å². The maximum Gasteiger partial charge on any atom is 0.0587 e. The molecule has 17 heavy (non-hydrogen) atoms. The van der Waals surface area contributed by atoms with Crippen molar-refractivity contribution in [2.24, 2.45) is 5.92 Å². The summed E-state index contributed by atoms with van der Waals surface area (Å²) in [7, 11) is 1.75. The lowest BCUT2D eigenvalue weighted by molar-refractivity contribution is 0.184. The van der Waals surface area contributed by atoms with Gasteiger partial charge in [-0.05, 0) is 45.2 Å². The van der Waals surface area contributed by atoms with Gasteiger partial charge in [0, 0.05) is 26.2 Å². The predicted octanol–water partition coefficient (Wildman–Crippen LogP) is 2.12. The maximum atomic E-state index is 5.04. The van der Waals surface area contributed by atoms with Gasteiger partial charge < -0.3 is 10.1 Å². The first-order chi connectivity index (χ1) is 8.27. The molecule has 1 N–H and O–H groups in total. The Morgan fingerprint density at radius 1 is 1.35 bits per heavy atom. The molecule has 1 fully saturated rings. The molecule has 0 bridgehead atoms. The molecule has 0 aromatic heterocycles. The Kier molecular flexibility index (Phi) is 7.82. The quantitative estimate of drug-likeness (QED) is 0.692. The Labute approximate surface area is 107 Å². The van der Waals surface area contributed by atoms with E-state index in [-0.39, 0.29) is 0 Å². The number of hydrogen-bond donors (Lipinski definition) is 1. The fourth-order valence-corrected chi connectivity index (χ4v) is 2.65. The number of ether oxygens (including phenoxy) is 1. The standard InChI is InChI=1S/C14H30N2O/c1-4-14-6-5-9-16(10-7-14)13(2)12-15-8-11-17-3/h13-15H,4-12H2,1-3H3. The van der Waals surface area contributed by atoms with Crippen molar-refractivity contribution in [1.82, 2.24) is 10.2 Å². The first-order valence-corrected chi connectivity index (χ1v) is 7.21. The van der Waals surface area contributed by atoms with Crippen molar-refractivity contribution >= 4 is 0 Å². The van der Waals surface area contributed by atoms with Crippen molar-refractivity contribution in [3.63, 3.8) is 0 Å². The van der Waals surface area contributed by atoms with Gasteiger partial charge in [0.1, 0.15) is 0 Å². The smallest absolute Gasteiger partial charge is 0.0587 e. The Morgan fingerprint density at radius 2 is 2.18 bits per heavy atom. The molecule has 0 spiro atoms. The summed E-state index contributed by atoms with van der Waals surface area (Å²) in [5.74, 6) is 0.966. The second-order valence-corrected chi connectivity index (χ2v) is 5.29. The summed E-state index contributed by atoms with van der Waals surface area (Å²) < 4.78 is 5.04. The maximum absolute atomic E-state index is 5.04. The Morgan fingerprint density at radius 3 is 2.88 bits per heavy atom. The highest BCUT2D eigenvalue weighted by atomic mass is 16.5. The van der Waals surface area contributed by atoms with Gasteiger partial charge in [0.25, 0.3) is 0 Å². The van der Waals surface area contributed by atoms with Crippen LogP contribution < -0.4 is 5.32 Å². The van der Waals surface area contributed by atoms with Crippen molar-refractivity contribution in [3.8, 4) is 0 Å². The van der Waals surface area contributed by atoms with E-state index in [0.717, 1.165) is 25.6 Å². The normalized spacial score (nSPS) is 24.5. The van der Waals surface area contributed by atoms with Crippen LogP contribution in [0.1, 0.15) is 39.5 Å². The van der Waals surface area contributed by atoms with Crippen molar-refractivity contribution in [2.45, 2.75) is 45.6 Å². The van der Waals surface area contributed by atoms with E-state index < -0.39 is 0 Å². The molecule has 0 radical (unpaired) electrons. The van der Waals surface area contributed by atoms with Gasteiger partial charge in [-0.15, -0.1) is 0 Å². The number of hydrogen-bond acceptors (Lipinski definition) is 3. The molecule has 102 valence electrons. The minimum Gasteiger partial charge on any atom is -0.383 e. The number of methoxy groups -OCH3 is 1. The number of rotatable bonds is 7. The summed E-state index contributed by atoms with van der Waals surface area (Å²) in [6.07, 6.45) is 5.55. The number of nitrogens with zero attached hydrogens (tertiary/aromatic N) is 1. The van der Waals surface area contributed by atoms with Crippen LogP contribution in [-0.2, 0) is 4.74 Å². The van der Waals surface area contributed by atoms with Gasteiger partial charge in [0.2, 0.25) is 0 Å². The van der Waals surface area contributed by atoms with E-state index >= 15 is 0 Å². The molecular weight excluding hydrogens is 212 g/mol. The van der Waals surface area contributed by atoms with Gasteiger partial charge >= 0.3 is 0 Å². The van der Waals surface area contributed by atoms with E-state index in [2.05, 4.69) is 24.1 Å². The van der Waals surface area contributed by atoms with Crippen LogP contribution in [0, 0.1) is 5.92 Å². The highest BCUT2D eigenvalue weighted by molar-refractivity contribution is 4.75. The molecule has 0 saturated carbocycles. The van der Waals surface area contributed by atoms with Gasteiger partial charge in [0.05, 0.1) is 6.61 Å². The third kappa shape index (κ3) is 5.84. The lowest BCUT2D eigenvalue weighted by atomic mass is 9.98. The third-order valence-corrected chi connectivity index (χ3v) is 4.01. The van der Waals surface area contributed by atoms with Crippen LogP contribution in [0.15, 0.2) is 0 Å². The van der Waals surface area contributed by atoms with Crippen LogP contribution in [0.4, 0.5) is 0 Å². The van der Waals surface area contributed by atoms with Crippen LogP contribution in [-0.4, -0.2) is 50.8 Å². The van der Waals surface area contributed by atoms with Crippen molar-refractivity contribution in [2.75, 3.05) is 39.9 Å². The molecule has 1 aliphatic rings. The SMILES string of the molecule is CCC1CCCN(C(C)CNCCOC)CC1. The van der Waals surface area contributed by atoms with Crippen LogP contribution >= 0.6 is 0 Å². The summed E-state index contributed by atoms with van der Waals surface area (Å²) in [5, 5.41) is 3.46. The second kappa shape index (κ2) is 8.90. The van der Waals surface area contributed by atoms with Gasteiger partial charge in [-0.2, -0.15) is 0 Å². The largest absolute Gasteiger partial charge is 0.383 e. The Bertz CT molecular complexity index is 187. The first-order valence-electron chi connectivity index (χ1n) is 7.21. The highest BCUT2D eigenvalue weighted by Gasteiger charge is 2.19. The minimum absolute atomic E-state index is 0.655. The highest BCUT2D eigenvalue weighted by Crippen LogP contribution is 2.21. The topological polar surface area (TPSA) is 24.5 Å². The Balaban J connectivity index is 2.19. The molecule has 2 atom stereocenters. The summed E-state index contributed by atoms with van der Waals surface area (Å²) >= 11 is 0. The second-order valence-electron chi connectivity index (χ2n) is 5.29. The summed E-state index contributed by atoms with van der Waals surface area (Å²) in [4.78, 5) is 2.65. The Hall–Kier alpha value is -0.120. The van der Waals surface area contributed by atoms with E-state index in [4.69, 9.17) is 4.74 Å². The molecule has 1 rings (SSSR count). The molecule has 1 heterocycles. The average Bonchev–Trinajstić information content (AvgIpc) is 2.59. The molecule has 0 aliphatic carbocycles. The van der Waals surface area contributed by atoms with Crippen LogP contribution in [0.2, 0.25) is 0 Å². The number of nitrogens with one attached hydrogen (secondary N) is 1. The molecule has 1 saturated heterocycles. The zero-order valence-electron chi connectivity index (χ0n) is 11.9. The molecule has 3 nitrogen and oxygen atoms in total. The van der Waals surface area contributed by atoms with Gasteiger partial charge in [0.15, 0.2) is 0 Å². The van der Waals surface area contributed by atoms with Crippen molar-refractivity contribution < 1.29 is 4.74 Å². The monoisotopic (exact) mass is 242 g/mol. The lowest BCUT2D eigenvalue weighted by Crippen LogP contribution is -2.41. The molecule has 3 heteroatoms. The molecule has 0 amide bonds. The molecule has 0 aromatic rings. The van der Waals surface area contributed by atoms with Crippen LogP contribution in [0.25, 0.3) is 0 Å². The first kappa shape index (κ1) is 14.9. The average molecular weight is 242 g/mol. The molecule has 1 aliphatic heterocycles. The van der Waals surface area contributed by atoms with Crippen molar-refractivity contribution in [1.29, 1.82) is 0 Å². The van der Waals surface area contributed by atoms with E-state index in [1.807, 2.05) is 0 Å². The van der Waals surface area contributed by atoms with E-state index in [0.29, 0.717) is 6.04 Å². The zero-order valence-corrected chi connectivity index (χ0v) is 11.9. The molecule has 2 unspecified atom stereocenters. The summed E-state index contributed by atoms with van der Waals surface area (Å²) in [6, 6.07) is 0.655. The van der Waals surface area contributed by atoms with Crippen LogP contribution in [0.3, 0.4) is 0 Å². The van der Waals surface area contributed by atoms with E-state index in [9.17, 15) is 0 Å². The molecular formula is C14H30N2O. The number of likely N-dealkylation sites (tertiary alicyclic amines) is 1. The minimum atomic E-state index is 0.655. The zero-order chi connectivity index (χ0) is 12.5. The van der Waals surface area contributed by atoms with Crippen molar-refractivity contribution in [3.05, 3.63) is 0 Å². The summed E-state index contributed by atoms with van der Waals surface area (Å²) in [5.41, 5.74) is 0. The van der Waals surface area contributed by atoms with E-state index in [1.54, 1.807) is 7.11 Å². The predicted molar refractivity (Wildman–Crippen MR) is 73.4 cm³/mol. The van der Waals surface area contributed by atoms with Crippen LogP contribution in [0.5, 0.6) is 0 Å². The summed E-state index contributed by atoms with van der Waals surface area (Å²) in [6.45, 7) is 10.1. The molecule has 0 aromatic carbocycles. The van der Waals surface area contributed by atoms with Gasteiger partial charge in [-0.25, -0.2) is 0 Å². The fourth-order valence-electron chi connectivity index (χ4n) is 2.65. The van der Waals surface area contributed by atoms with Gasteiger partial charge in [-0.1, -0.05) is 13.3 Å². The fraction of sp³-hybridized carbons (Fsp3) is 1.00. The lowest BCUT2D eigenvalue weighted by Gasteiger charge is -2.28. The van der Waals surface area contributed by atoms with E-state index in [1.165, 1.54) is 38.8 Å². The third-order valence-electron chi connectivity index (χ3n) is 4.01.